The second-order valence-electron chi connectivity index (χ2n) is 5.37. The Balaban J connectivity index is 1.78. The monoisotopic (exact) mass is 309 g/mol. The smallest absolute Gasteiger partial charge is 0.251 e. The largest absolute Gasteiger partial charge is 0.395 e. The fraction of sp³-hybridized carbons (Fsp3) is 0.167. The van der Waals surface area contributed by atoms with E-state index in [1.165, 1.54) is 0 Å². The van der Waals surface area contributed by atoms with Crippen molar-refractivity contribution in [1.29, 1.82) is 0 Å². The predicted octanol–water partition coefficient (Wildman–Crippen LogP) is 2.15. The van der Waals surface area contributed by atoms with Crippen LogP contribution in [0.5, 0.6) is 0 Å². The van der Waals surface area contributed by atoms with Gasteiger partial charge < -0.3 is 20.7 Å². The maximum absolute atomic E-state index is 12.3. The molecule has 0 bridgehead atoms. The summed E-state index contributed by atoms with van der Waals surface area (Å²) < 4.78 is 0. The van der Waals surface area contributed by atoms with Gasteiger partial charge in [-0.3, -0.25) is 4.79 Å². The molecule has 118 valence electrons. The molecule has 0 radical (unpaired) electrons. The number of hydrogen-bond acceptors (Lipinski definition) is 3. The third-order valence-electron chi connectivity index (χ3n) is 3.72. The predicted molar refractivity (Wildman–Crippen MR) is 92.4 cm³/mol. The van der Waals surface area contributed by atoms with Crippen LogP contribution < -0.4 is 10.6 Å². The zero-order valence-corrected chi connectivity index (χ0v) is 12.7. The molecule has 23 heavy (non-hydrogen) atoms. The first-order chi connectivity index (χ1) is 11.2. The highest BCUT2D eigenvalue weighted by molar-refractivity contribution is 6.09. The summed E-state index contributed by atoms with van der Waals surface area (Å²) in [7, 11) is 0. The molecule has 1 heterocycles. The quantitative estimate of drug-likeness (QED) is 0.563. The number of H-pyrrole nitrogens is 1. The van der Waals surface area contributed by atoms with Crippen LogP contribution in [-0.4, -0.2) is 35.7 Å². The Kier molecular flexibility index (Phi) is 4.30. The number of nitrogens with one attached hydrogen (secondary N) is 3. The summed E-state index contributed by atoms with van der Waals surface area (Å²) in [6, 6.07) is 13.6. The molecule has 0 saturated heterocycles. The van der Waals surface area contributed by atoms with Crippen LogP contribution in [0.15, 0.2) is 54.7 Å². The minimum Gasteiger partial charge on any atom is -0.395 e. The van der Waals surface area contributed by atoms with Gasteiger partial charge in [0.15, 0.2) is 0 Å². The van der Waals surface area contributed by atoms with Gasteiger partial charge >= 0.3 is 0 Å². The number of hydrogen-bond donors (Lipinski definition) is 4. The number of para-hydroxylation sites is 1. The maximum Gasteiger partial charge on any atom is 0.251 e. The molecule has 0 fully saturated rings. The van der Waals surface area contributed by atoms with Crippen molar-refractivity contribution in [1.82, 2.24) is 15.6 Å². The van der Waals surface area contributed by atoms with Crippen LogP contribution in [0, 0.1) is 0 Å². The van der Waals surface area contributed by atoms with Crippen molar-refractivity contribution in [3.63, 3.8) is 0 Å². The Morgan fingerprint density at radius 1 is 1.09 bits per heavy atom. The number of aromatic amines is 1. The molecule has 1 amide bonds. The van der Waals surface area contributed by atoms with E-state index in [1.54, 1.807) is 6.07 Å². The number of aliphatic hydroxyl groups is 1. The molecular formula is C18H19N3O2. The molecule has 0 aliphatic rings. The molecule has 0 saturated carbocycles. The van der Waals surface area contributed by atoms with Crippen molar-refractivity contribution in [3.8, 4) is 0 Å². The van der Waals surface area contributed by atoms with Crippen LogP contribution >= 0.6 is 0 Å². The lowest BCUT2D eigenvalue weighted by Gasteiger charge is -2.09. The number of carbonyl (C=O) groups is 1. The van der Waals surface area contributed by atoms with Gasteiger partial charge in [0.1, 0.15) is 0 Å². The second-order valence-corrected chi connectivity index (χ2v) is 5.37. The normalized spacial score (nSPS) is 10.8. The van der Waals surface area contributed by atoms with E-state index in [9.17, 15) is 4.79 Å². The van der Waals surface area contributed by atoms with Crippen LogP contribution in [0.25, 0.3) is 21.8 Å². The molecule has 3 aromatic rings. The van der Waals surface area contributed by atoms with Gasteiger partial charge in [-0.15, -0.1) is 0 Å². The molecule has 5 nitrogen and oxygen atoms in total. The Morgan fingerprint density at radius 3 is 2.70 bits per heavy atom. The van der Waals surface area contributed by atoms with Gasteiger partial charge in [0.25, 0.3) is 5.91 Å². The molecule has 0 spiro atoms. The molecule has 1 aromatic heterocycles. The van der Waals surface area contributed by atoms with Crippen molar-refractivity contribution in [2.75, 3.05) is 19.7 Å². The molecule has 4 N–H and O–H groups in total. The number of aliphatic hydroxyl groups excluding tert-OH is 1. The first-order valence-corrected chi connectivity index (χ1v) is 7.50. The molecule has 0 atom stereocenters. The summed E-state index contributed by atoms with van der Waals surface area (Å²) in [5.41, 5.74) is 3.34. The van der Waals surface area contributed by atoms with E-state index in [-0.39, 0.29) is 12.5 Å². The van der Waals surface area contributed by atoms with E-state index in [0.717, 1.165) is 21.8 Å². The SMILES string of the molecule is C=C(CNC(=O)c1ccc2[nH]c3ccccc3c2c1)NCCO. The van der Waals surface area contributed by atoms with Crippen LogP contribution in [0.3, 0.4) is 0 Å². The summed E-state index contributed by atoms with van der Waals surface area (Å²) in [5.74, 6) is -0.149. The lowest BCUT2D eigenvalue weighted by atomic mass is 10.1. The van der Waals surface area contributed by atoms with Gasteiger partial charge in [-0.25, -0.2) is 0 Å². The Morgan fingerprint density at radius 2 is 1.87 bits per heavy atom. The highest BCUT2D eigenvalue weighted by atomic mass is 16.3. The zero-order valence-electron chi connectivity index (χ0n) is 12.7. The average molecular weight is 309 g/mol. The minimum absolute atomic E-state index is 0.0319. The molecule has 0 aliphatic carbocycles. The van der Waals surface area contributed by atoms with Gasteiger partial charge in [0.2, 0.25) is 0 Å². The fourth-order valence-electron chi connectivity index (χ4n) is 2.57. The molecule has 3 rings (SSSR count). The number of rotatable bonds is 6. The lowest BCUT2D eigenvalue weighted by Crippen LogP contribution is -2.30. The standard InChI is InChI=1S/C18H19N3O2/c1-12(19-8-9-22)11-20-18(23)13-6-7-17-15(10-13)14-4-2-3-5-16(14)21-17/h2-7,10,19,21-22H,1,8-9,11H2,(H,20,23). The van der Waals surface area contributed by atoms with E-state index in [4.69, 9.17) is 5.11 Å². The van der Waals surface area contributed by atoms with Crippen LogP contribution in [0.4, 0.5) is 0 Å². The third-order valence-corrected chi connectivity index (χ3v) is 3.72. The Bertz CT molecular complexity index is 867. The summed E-state index contributed by atoms with van der Waals surface area (Å²) >= 11 is 0. The highest BCUT2D eigenvalue weighted by Crippen LogP contribution is 2.25. The summed E-state index contributed by atoms with van der Waals surface area (Å²) in [4.78, 5) is 15.6. The Labute approximate surface area is 134 Å². The highest BCUT2D eigenvalue weighted by Gasteiger charge is 2.09. The summed E-state index contributed by atoms with van der Waals surface area (Å²) in [6.07, 6.45) is 0. The van der Waals surface area contributed by atoms with Crippen LogP contribution in [0.2, 0.25) is 0 Å². The van der Waals surface area contributed by atoms with Gasteiger partial charge in [0, 0.05) is 39.6 Å². The van der Waals surface area contributed by atoms with Crippen molar-refractivity contribution >= 4 is 27.7 Å². The number of carbonyl (C=O) groups excluding carboxylic acids is 1. The topological polar surface area (TPSA) is 77.2 Å². The first kappa shape index (κ1) is 15.1. The molecular weight excluding hydrogens is 290 g/mol. The van der Waals surface area contributed by atoms with E-state index in [2.05, 4.69) is 22.2 Å². The number of fused-ring (bicyclic) bond motifs is 3. The van der Waals surface area contributed by atoms with Crippen LogP contribution in [-0.2, 0) is 0 Å². The van der Waals surface area contributed by atoms with Gasteiger partial charge in [-0.1, -0.05) is 24.8 Å². The molecule has 0 unspecified atom stereocenters. The summed E-state index contributed by atoms with van der Waals surface area (Å²) in [5, 5.41) is 16.6. The van der Waals surface area contributed by atoms with Crippen molar-refractivity contribution in [2.45, 2.75) is 0 Å². The molecule has 0 aliphatic heterocycles. The minimum atomic E-state index is -0.149. The number of amides is 1. The van der Waals surface area contributed by atoms with E-state index in [1.807, 2.05) is 36.4 Å². The second kappa shape index (κ2) is 6.54. The summed E-state index contributed by atoms with van der Waals surface area (Å²) in [6.45, 7) is 4.58. The number of aromatic nitrogens is 1. The van der Waals surface area contributed by atoms with Crippen molar-refractivity contribution < 1.29 is 9.90 Å². The first-order valence-electron chi connectivity index (χ1n) is 7.50. The third kappa shape index (κ3) is 3.19. The van der Waals surface area contributed by atoms with Gasteiger partial charge in [0.05, 0.1) is 13.2 Å². The van der Waals surface area contributed by atoms with Crippen molar-refractivity contribution in [2.24, 2.45) is 0 Å². The van der Waals surface area contributed by atoms with E-state index < -0.39 is 0 Å². The van der Waals surface area contributed by atoms with E-state index in [0.29, 0.717) is 24.4 Å². The lowest BCUT2D eigenvalue weighted by molar-refractivity contribution is 0.0956. The Hall–Kier alpha value is -2.79. The van der Waals surface area contributed by atoms with Crippen molar-refractivity contribution in [3.05, 3.63) is 60.3 Å². The van der Waals surface area contributed by atoms with E-state index >= 15 is 0 Å². The van der Waals surface area contributed by atoms with Gasteiger partial charge in [-0.05, 0) is 24.3 Å². The molecule has 2 aromatic carbocycles. The fourth-order valence-corrected chi connectivity index (χ4v) is 2.57. The van der Waals surface area contributed by atoms with Gasteiger partial charge in [-0.2, -0.15) is 0 Å². The molecule has 5 heteroatoms. The number of benzene rings is 2. The van der Waals surface area contributed by atoms with Crippen LogP contribution in [0.1, 0.15) is 10.4 Å². The zero-order chi connectivity index (χ0) is 16.2. The maximum atomic E-state index is 12.3. The average Bonchev–Trinajstić information content (AvgIpc) is 2.95.